The minimum Gasteiger partial charge on any atom is -0.198 e. The minimum absolute atomic E-state index is 0.0209. The molecule has 0 spiro atoms. The summed E-state index contributed by atoms with van der Waals surface area (Å²) in [6, 6.07) is 11.9. The standard InChI is InChI=1S/C19H25N/c1-17(2,3)15-4-6-16(7-5-15)19-11-8-18(14-20,9-12-19)10-13-19/h4-7H,8-13H2,1-3H3. The van der Waals surface area contributed by atoms with Crippen molar-refractivity contribution in [1.29, 1.82) is 5.26 Å². The second kappa shape index (κ2) is 4.35. The molecule has 20 heavy (non-hydrogen) atoms. The van der Waals surface area contributed by atoms with Gasteiger partial charge in [-0.25, -0.2) is 0 Å². The van der Waals surface area contributed by atoms with Crippen LogP contribution in [-0.2, 0) is 10.8 Å². The number of rotatable bonds is 1. The second-order valence-corrected chi connectivity index (χ2v) is 8.00. The molecule has 0 amide bonds. The van der Waals surface area contributed by atoms with Gasteiger partial charge in [0.15, 0.2) is 0 Å². The predicted octanol–water partition coefficient (Wildman–Crippen LogP) is 5.10. The molecule has 1 heteroatoms. The van der Waals surface area contributed by atoms with Gasteiger partial charge in [-0.2, -0.15) is 5.26 Å². The largest absolute Gasteiger partial charge is 0.198 e. The lowest BCUT2D eigenvalue weighted by Gasteiger charge is -2.51. The normalized spacial score (nSPS) is 32.9. The summed E-state index contributed by atoms with van der Waals surface area (Å²) < 4.78 is 0. The average molecular weight is 267 g/mol. The van der Waals surface area contributed by atoms with E-state index >= 15 is 0 Å². The van der Waals surface area contributed by atoms with Gasteiger partial charge >= 0.3 is 0 Å². The average Bonchev–Trinajstić information content (AvgIpc) is 2.48. The quantitative estimate of drug-likeness (QED) is 0.694. The van der Waals surface area contributed by atoms with Crippen molar-refractivity contribution in [3.8, 4) is 6.07 Å². The summed E-state index contributed by atoms with van der Waals surface area (Å²) in [5.41, 5.74) is 3.54. The van der Waals surface area contributed by atoms with Crippen molar-refractivity contribution in [1.82, 2.24) is 0 Å². The third-order valence-electron chi connectivity index (χ3n) is 5.85. The molecule has 4 rings (SSSR count). The van der Waals surface area contributed by atoms with E-state index < -0.39 is 0 Å². The van der Waals surface area contributed by atoms with Gasteiger partial charge in [0.1, 0.15) is 0 Å². The molecular formula is C19H25N. The van der Waals surface area contributed by atoms with Crippen molar-refractivity contribution in [2.24, 2.45) is 5.41 Å². The number of nitrogens with zero attached hydrogens (tertiary/aromatic N) is 1. The molecular weight excluding hydrogens is 242 g/mol. The van der Waals surface area contributed by atoms with E-state index in [0.717, 1.165) is 19.3 Å². The molecule has 0 radical (unpaired) electrons. The highest BCUT2D eigenvalue weighted by Crippen LogP contribution is 2.57. The fourth-order valence-electron chi connectivity index (χ4n) is 4.11. The highest BCUT2D eigenvalue weighted by atomic mass is 14.5. The summed E-state index contributed by atoms with van der Waals surface area (Å²) in [6.45, 7) is 6.80. The molecule has 2 bridgehead atoms. The van der Waals surface area contributed by atoms with E-state index in [0.29, 0.717) is 5.41 Å². The van der Waals surface area contributed by atoms with E-state index in [2.05, 4.69) is 51.1 Å². The monoisotopic (exact) mass is 267 g/mol. The Bertz CT molecular complexity index is 514. The molecule has 3 aliphatic rings. The van der Waals surface area contributed by atoms with Crippen molar-refractivity contribution in [2.75, 3.05) is 0 Å². The maximum atomic E-state index is 9.40. The smallest absolute Gasteiger partial charge is 0.0689 e. The third kappa shape index (κ3) is 2.06. The van der Waals surface area contributed by atoms with Crippen molar-refractivity contribution >= 4 is 0 Å². The van der Waals surface area contributed by atoms with E-state index in [1.807, 2.05) is 0 Å². The summed E-state index contributed by atoms with van der Waals surface area (Å²) in [7, 11) is 0. The summed E-state index contributed by atoms with van der Waals surface area (Å²) in [5.74, 6) is 0. The van der Waals surface area contributed by atoms with Gasteiger partial charge in [-0.05, 0) is 60.5 Å². The molecule has 3 fully saturated rings. The highest BCUT2D eigenvalue weighted by Gasteiger charge is 2.49. The zero-order chi connectivity index (χ0) is 14.4. The Morgan fingerprint density at radius 2 is 1.40 bits per heavy atom. The van der Waals surface area contributed by atoms with Crippen LogP contribution in [0.4, 0.5) is 0 Å². The van der Waals surface area contributed by atoms with E-state index in [9.17, 15) is 5.26 Å². The van der Waals surface area contributed by atoms with Crippen LogP contribution < -0.4 is 0 Å². The van der Waals surface area contributed by atoms with Gasteiger partial charge < -0.3 is 0 Å². The van der Waals surface area contributed by atoms with Crippen LogP contribution in [0.2, 0.25) is 0 Å². The van der Waals surface area contributed by atoms with Crippen LogP contribution in [0.1, 0.15) is 70.4 Å². The van der Waals surface area contributed by atoms with Crippen LogP contribution in [0.3, 0.4) is 0 Å². The lowest BCUT2D eigenvalue weighted by molar-refractivity contribution is 0.0849. The van der Waals surface area contributed by atoms with Crippen molar-refractivity contribution < 1.29 is 0 Å². The van der Waals surface area contributed by atoms with Gasteiger partial charge in [0.05, 0.1) is 11.5 Å². The molecule has 3 aliphatic carbocycles. The van der Waals surface area contributed by atoms with Gasteiger partial charge in [-0.1, -0.05) is 45.0 Å². The number of fused-ring (bicyclic) bond motifs is 3. The first kappa shape index (κ1) is 13.7. The molecule has 1 aromatic rings. The zero-order valence-electron chi connectivity index (χ0n) is 13.0. The lowest BCUT2D eigenvalue weighted by atomic mass is 9.52. The Hall–Kier alpha value is -1.29. The first-order chi connectivity index (χ1) is 9.39. The fourth-order valence-corrected chi connectivity index (χ4v) is 4.11. The van der Waals surface area contributed by atoms with Gasteiger partial charge in [0.2, 0.25) is 0 Å². The Kier molecular flexibility index (Phi) is 2.98. The van der Waals surface area contributed by atoms with E-state index in [-0.39, 0.29) is 10.8 Å². The Balaban J connectivity index is 1.86. The van der Waals surface area contributed by atoms with Gasteiger partial charge in [-0.15, -0.1) is 0 Å². The van der Waals surface area contributed by atoms with Crippen molar-refractivity contribution in [3.05, 3.63) is 35.4 Å². The second-order valence-electron chi connectivity index (χ2n) is 8.00. The molecule has 0 aliphatic heterocycles. The first-order valence-electron chi connectivity index (χ1n) is 7.92. The minimum atomic E-state index is 0.0209. The van der Waals surface area contributed by atoms with Crippen LogP contribution in [0.25, 0.3) is 0 Å². The molecule has 0 aromatic heterocycles. The summed E-state index contributed by atoms with van der Waals surface area (Å²) in [4.78, 5) is 0. The number of hydrogen-bond acceptors (Lipinski definition) is 1. The summed E-state index contributed by atoms with van der Waals surface area (Å²) in [5, 5.41) is 9.40. The Morgan fingerprint density at radius 1 is 0.900 bits per heavy atom. The molecule has 0 unspecified atom stereocenters. The lowest BCUT2D eigenvalue weighted by Crippen LogP contribution is -2.43. The predicted molar refractivity (Wildman–Crippen MR) is 82.6 cm³/mol. The topological polar surface area (TPSA) is 23.8 Å². The van der Waals surface area contributed by atoms with Gasteiger partial charge in [-0.3, -0.25) is 0 Å². The Labute approximate surface area is 123 Å². The molecule has 3 saturated carbocycles. The molecule has 0 heterocycles. The van der Waals surface area contributed by atoms with E-state index in [1.165, 1.54) is 30.4 Å². The number of benzene rings is 1. The molecule has 1 nitrogen and oxygen atoms in total. The fraction of sp³-hybridized carbons (Fsp3) is 0.632. The van der Waals surface area contributed by atoms with Crippen molar-refractivity contribution in [3.63, 3.8) is 0 Å². The van der Waals surface area contributed by atoms with Gasteiger partial charge in [0, 0.05) is 0 Å². The third-order valence-corrected chi connectivity index (χ3v) is 5.85. The summed E-state index contributed by atoms with van der Waals surface area (Å²) in [6.07, 6.45) is 6.92. The van der Waals surface area contributed by atoms with Crippen LogP contribution in [0.15, 0.2) is 24.3 Å². The maximum absolute atomic E-state index is 9.40. The van der Waals surface area contributed by atoms with Crippen molar-refractivity contribution in [2.45, 2.75) is 70.1 Å². The van der Waals surface area contributed by atoms with Crippen LogP contribution in [-0.4, -0.2) is 0 Å². The van der Waals surface area contributed by atoms with Crippen LogP contribution in [0.5, 0.6) is 0 Å². The molecule has 0 N–H and O–H groups in total. The number of hydrogen-bond donors (Lipinski definition) is 0. The molecule has 0 atom stereocenters. The van der Waals surface area contributed by atoms with Crippen LogP contribution in [0, 0.1) is 16.7 Å². The summed E-state index contributed by atoms with van der Waals surface area (Å²) >= 11 is 0. The SMILES string of the molecule is CC(C)(C)c1ccc(C23CCC(C#N)(CC2)CC3)cc1. The first-order valence-corrected chi connectivity index (χ1v) is 7.92. The molecule has 106 valence electrons. The highest BCUT2D eigenvalue weighted by molar-refractivity contribution is 5.34. The zero-order valence-corrected chi connectivity index (χ0v) is 13.0. The maximum Gasteiger partial charge on any atom is 0.0689 e. The van der Waals surface area contributed by atoms with E-state index in [1.54, 1.807) is 0 Å². The number of nitriles is 1. The Morgan fingerprint density at radius 3 is 1.80 bits per heavy atom. The molecule has 1 aromatic carbocycles. The van der Waals surface area contributed by atoms with Crippen LogP contribution >= 0.6 is 0 Å². The molecule has 0 saturated heterocycles. The van der Waals surface area contributed by atoms with Gasteiger partial charge in [0.25, 0.3) is 0 Å². The van der Waals surface area contributed by atoms with E-state index in [4.69, 9.17) is 0 Å².